The van der Waals surface area contributed by atoms with Gasteiger partial charge >= 0.3 is 0 Å². The summed E-state index contributed by atoms with van der Waals surface area (Å²) >= 11 is 0. The van der Waals surface area contributed by atoms with Crippen LogP contribution in [0.1, 0.15) is 24.8 Å². The Balaban J connectivity index is 1.70. The summed E-state index contributed by atoms with van der Waals surface area (Å²) < 4.78 is 0. The Morgan fingerprint density at radius 2 is 2.15 bits per heavy atom. The number of hydrogen-bond donors (Lipinski definition) is 1. The van der Waals surface area contributed by atoms with E-state index in [0.29, 0.717) is 18.6 Å². The van der Waals surface area contributed by atoms with Crippen LogP contribution in [0.5, 0.6) is 0 Å². The zero-order valence-electron chi connectivity index (χ0n) is 11.5. The van der Waals surface area contributed by atoms with E-state index >= 15 is 0 Å². The second-order valence-electron chi connectivity index (χ2n) is 5.73. The lowest BCUT2D eigenvalue weighted by Gasteiger charge is -2.27. The molecule has 0 spiro atoms. The maximum absolute atomic E-state index is 12.7. The molecule has 2 aliphatic rings. The van der Waals surface area contributed by atoms with Crippen molar-refractivity contribution in [3.63, 3.8) is 0 Å². The maximum atomic E-state index is 12.7. The van der Waals surface area contributed by atoms with Crippen molar-refractivity contribution in [1.29, 1.82) is 5.26 Å². The molecule has 1 amide bonds. The Morgan fingerprint density at radius 1 is 1.35 bits per heavy atom. The molecule has 104 valence electrons. The van der Waals surface area contributed by atoms with Crippen LogP contribution in [0.4, 0.5) is 0 Å². The molecule has 1 aromatic rings. The number of rotatable bonds is 4. The van der Waals surface area contributed by atoms with E-state index in [1.165, 1.54) is 6.42 Å². The number of amides is 1. The summed E-state index contributed by atoms with van der Waals surface area (Å²) in [7, 11) is 0. The van der Waals surface area contributed by atoms with Crippen LogP contribution >= 0.6 is 0 Å². The third-order valence-electron chi connectivity index (χ3n) is 4.41. The minimum Gasteiger partial charge on any atom is -0.325 e. The summed E-state index contributed by atoms with van der Waals surface area (Å²) in [5, 5.41) is 12.5. The van der Waals surface area contributed by atoms with E-state index in [1.807, 2.05) is 30.3 Å². The molecule has 3 atom stereocenters. The summed E-state index contributed by atoms with van der Waals surface area (Å²) in [4.78, 5) is 14.4. The van der Waals surface area contributed by atoms with Gasteiger partial charge in [0.25, 0.3) is 0 Å². The quantitative estimate of drug-likeness (QED) is 0.846. The second kappa shape index (κ2) is 5.64. The number of nitrogens with one attached hydrogen (secondary N) is 1. The molecular weight excluding hydrogens is 250 g/mol. The maximum Gasteiger partial charge on any atom is 0.228 e. The molecule has 3 unspecified atom stereocenters. The first-order valence-electron chi connectivity index (χ1n) is 7.23. The number of nitriles is 1. The van der Waals surface area contributed by atoms with E-state index in [1.54, 1.807) is 4.90 Å². The molecular formula is C16H19N3O. The lowest BCUT2D eigenvalue weighted by atomic mass is 9.88. The molecule has 2 saturated heterocycles. The molecule has 3 rings (SSSR count). The molecule has 2 heterocycles. The number of benzene rings is 1. The normalized spacial score (nSPS) is 27.2. The first kappa shape index (κ1) is 13.1. The largest absolute Gasteiger partial charge is 0.325 e. The molecule has 2 fully saturated rings. The number of hydrogen-bond acceptors (Lipinski definition) is 3. The molecule has 4 heteroatoms. The van der Waals surface area contributed by atoms with Crippen LogP contribution in [0.15, 0.2) is 30.3 Å². The Hall–Kier alpha value is -1.86. The SMILES string of the molecule is N#CCN(Cc1ccccc1)C(=O)C1CC2CCC1N2. The van der Waals surface area contributed by atoms with Crippen molar-refractivity contribution in [2.75, 3.05) is 6.54 Å². The summed E-state index contributed by atoms with van der Waals surface area (Å²) in [6.45, 7) is 0.697. The van der Waals surface area contributed by atoms with Gasteiger partial charge in [0.15, 0.2) is 0 Å². The van der Waals surface area contributed by atoms with E-state index < -0.39 is 0 Å². The minimum atomic E-state index is 0.0609. The highest BCUT2D eigenvalue weighted by molar-refractivity contribution is 5.80. The van der Waals surface area contributed by atoms with Gasteiger partial charge in [0.1, 0.15) is 6.54 Å². The summed E-state index contributed by atoms with van der Waals surface area (Å²) in [5.74, 6) is 0.195. The van der Waals surface area contributed by atoms with Gasteiger partial charge in [0.2, 0.25) is 5.91 Å². The molecule has 0 aromatic heterocycles. The Labute approximate surface area is 119 Å². The van der Waals surface area contributed by atoms with Crippen LogP contribution in [-0.4, -0.2) is 29.4 Å². The third-order valence-corrected chi connectivity index (χ3v) is 4.41. The van der Waals surface area contributed by atoms with E-state index in [0.717, 1.165) is 18.4 Å². The second-order valence-corrected chi connectivity index (χ2v) is 5.73. The lowest BCUT2D eigenvalue weighted by Crippen LogP contribution is -2.40. The van der Waals surface area contributed by atoms with Gasteiger partial charge in [-0.1, -0.05) is 30.3 Å². The van der Waals surface area contributed by atoms with Crippen LogP contribution in [-0.2, 0) is 11.3 Å². The molecule has 0 saturated carbocycles. The molecule has 20 heavy (non-hydrogen) atoms. The van der Waals surface area contributed by atoms with Crippen molar-refractivity contribution in [2.24, 2.45) is 5.92 Å². The van der Waals surface area contributed by atoms with Crippen molar-refractivity contribution in [2.45, 2.75) is 37.9 Å². The van der Waals surface area contributed by atoms with Gasteiger partial charge in [-0.2, -0.15) is 5.26 Å². The average Bonchev–Trinajstić information content (AvgIpc) is 3.10. The molecule has 4 nitrogen and oxygen atoms in total. The molecule has 0 aliphatic carbocycles. The zero-order valence-corrected chi connectivity index (χ0v) is 11.5. The summed E-state index contributed by atoms with van der Waals surface area (Å²) in [6, 6.07) is 12.8. The number of carbonyl (C=O) groups excluding carboxylic acids is 1. The van der Waals surface area contributed by atoms with Crippen molar-refractivity contribution in [1.82, 2.24) is 10.2 Å². The fourth-order valence-electron chi connectivity index (χ4n) is 3.43. The Bertz CT molecular complexity index is 522. The number of nitrogens with zero attached hydrogens (tertiary/aromatic N) is 2. The van der Waals surface area contributed by atoms with Crippen LogP contribution < -0.4 is 5.32 Å². The number of carbonyl (C=O) groups is 1. The minimum absolute atomic E-state index is 0.0609. The van der Waals surface area contributed by atoms with Crippen molar-refractivity contribution >= 4 is 5.91 Å². The smallest absolute Gasteiger partial charge is 0.228 e. The van der Waals surface area contributed by atoms with Crippen LogP contribution in [0.3, 0.4) is 0 Å². The number of fused-ring (bicyclic) bond motifs is 2. The van der Waals surface area contributed by atoms with Crippen LogP contribution in [0.2, 0.25) is 0 Å². The van der Waals surface area contributed by atoms with Gasteiger partial charge in [-0.25, -0.2) is 0 Å². The lowest BCUT2D eigenvalue weighted by molar-refractivity contribution is -0.136. The van der Waals surface area contributed by atoms with E-state index in [4.69, 9.17) is 5.26 Å². The standard InChI is InChI=1S/C16H19N3O/c17-8-9-19(11-12-4-2-1-3-5-12)16(20)14-10-13-6-7-15(14)18-13/h1-5,13-15,18H,6-7,9-11H2. The van der Waals surface area contributed by atoms with Crippen molar-refractivity contribution in [3.8, 4) is 6.07 Å². The van der Waals surface area contributed by atoms with Crippen molar-refractivity contribution in [3.05, 3.63) is 35.9 Å². The summed E-state index contributed by atoms with van der Waals surface area (Å²) in [5.41, 5.74) is 1.08. The monoisotopic (exact) mass is 269 g/mol. The zero-order chi connectivity index (χ0) is 13.9. The van der Waals surface area contributed by atoms with E-state index in [9.17, 15) is 4.79 Å². The predicted octanol–water partition coefficient (Wildman–Crippen LogP) is 1.68. The van der Waals surface area contributed by atoms with E-state index in [-0.39, 0.29) is 18.4 Å². The highest BCUT2D eigenvalue weighted by atomic mass is 16.2. The highest BCUT2D eigenvalue weighted by Gasteiger charge is 2.44. The van der Waals surface area contributed by atoms with Gasteiger partial charge in [0, 0.05) is 18.6 Å². The molecule has 0 radical (unpaired) electrons. The van der Waals surface area contributed by atoms with Gasteiger partial charge in [-0.3, -0.25) is 4.79 Å². The molecule has 2 bridgehead atoms. The fourth-order valence-corrected chi connectivity index (χ4v) is 3.43. The first-order valence-corrected chi connectivity index (χ1v) is 7.23. The fraction of sp³-hybridized carbons (Fsp3) is 0.500. The third kappa shape index (κ3) is 2.54. The first-order chi connectivity index (χ1) is 9.78. The predicted molar refractivity (Wildman–Crippen MR) is 75.5 cm³/mol. The Kier molecular flexibility index (Phi) is 3.70. The average molecular weight is 269 g/mol. The van der Waals surface area contributed by atoms with Crippen molar-refractivity contribution < 1.29 is 4.79 Å². The van der Waals surface area contributed by atoms with E-state index in [2.05, 4.69) is 11.4 Å². The van der Waals surface area contributed by atoms with Crippen LogP contribution in [0, 0.1) is 17.2 Å². The van der Waals surface area contributed by atoms with Crippen LogP contribution in [0.25, 0.3) is 0 Å². The van der Waals surface area contributed by atoms with Gasteiger partial charge < -0.3 is 10.2 Å². The molecule has 1 aromatic carbocycles. The Morgan fingerprint density at radius 3 is 2.75 bits per heavy atom. The highest BCUT2D eigenvalue weighted by Crippen LogP contribution is 2.34. The summed E-state index contributed by atoms with van der Waals surface area (Å²) in [6.07, 6.45) is 3.21. The molecule has 1 N–H and O–H groups in total. The molecule has 2 aliphatic heterocycles. The van der Waals surface area contributed by atoms with Gasteiger partial charge in [-0.05, 0) is 24.8 Å². The van der Waals surface area contributed by atoms with Gasteiger partial charge in [0.05, 0.1) is 12.0 Å². The van der Waals surface area contributed by atoms with Gasteiger partial charge in [-0.15, -0.1) is 0 Å². The topological polar surface area (TPSA) is 56.1 Å².